The molecular weight excluding hydrogens is 319 g/mol. The van der Waals surface area contributed by atoms with Crippen LogP contribution in [0.25, 0.3) is 21.2 Å². The van der Waals surface area contributed by atoms with Gasteiger partial charge in [0.25, 0.3) is 0 Å². The van der Waals surface area contributed by atoms with Gasteiger partial charge in [-0.05, 0) is 48.9 Å². The molecule has 1 unspecified atom stereocenters. The molecular formula is C21H19FOS. The van der Waals surface area contributed by atoms with Gasteiger partial charge in [-0.15, -0.1) is 11.3 Å². The van der Waals surface area contributed by atoms with Crippen molar-refractivity contribution in [1.29, 1.82) is 0 Å². The molecule has 1 atom stereocenters. The lowest BCUT2D eigenvalue weighted by Gasteiger charge is -2.22. The van der Waals surface area contributed by atoms with E-state index in [1.54, 1.807) is 23.5 Å². The normalized spacial score (nSPS) is 17.0. The van der Waals surface area contributed by atoms with Gasteiger partial charge in [-0.25, -0.2) is 4.39 Å². The predicted octanol–water partition coefficient (Wildman–Crippen LogP) is 5.58. The molecule has 0 saturated heterocycles. The summed E-state index contributed by atoms with van der Waals surface area (Å²) in [6.07, 6.45) is 4.18. The molecule has 24 heavy (non-hydrogen) atoms. The van der Waals surface area contributed by atoms with Crippen LogP contribution in [-0.4, -0.2) is 0 Å². The summed E-state index contributed by atoms with van der Waals surface area (Å²) in [5.41, 5.74) is 2.60. The molecule has 2 aromatic carbocycles. The number of benzene rings is 2. The highest BCUT2D eigenvalue weighted by Gasteiger charge is 2.22. The van der Waals surface area contributed by atoms with Gasteiger partial charge in [0.2, 0.25) is 0 Å². The Hall–Kier alpha value is -2.00. The van der Waals surface area contributed by atoms with Crippen LogP contribution in [0.2, 0.25) is 0 Å². The molecule has 0 aliphatic heterocycles. The second-order valence-corrected chi connectivity index (χ2v) is 7.68. The third-order valence-electron chi connectivity index (χ3n) is 5.11. The molecule has 1 nitrogen and oxygen atoms in total. The summed E-state index contributed by atoms with van der Waals surface area (Å²) in [5.74, 6) is 0.452. The zero-order chi connectivity index (χ0) is 16.7. The zero-order valence-corrected chi connectivity index (χ0v) is 14.5. The predicted molar refractivity (Wildman–Crippen MR) is 99.3 cm³/mol. The molecule has 3 heteroatoms. The van der Waals surface area contributed by atoms with Crippen molar-refractivity contribution in [1.82, 2.24) is 0 Å². The standard InChI is InChI=1S/C21H19FOS/c1-2-13-7-9-16-19(11-13)24-20-12-14(8-10-17(20)21(16)23)15-5-3-4-6-18(15)22/h3-6,8,10,12-13H,2,7,9,11H2,1H3. The van der Waals surface area contributed by atoms with Crippen LogP contribution >= 0.6 is 11.3 Å². The number of hydrogen-bond donors (Lipinski definition) is 0. The van der Waals surface area contributed by atoms with E-state index in [1.807, 2.05) is 24.3 Å². The monoisotopic (exact) mass is 338 g/mol. The van der Waals surface area contributed by atoms with Crippen LogP contribution < -0.4 is 5.43 Å². The minimum atomic E-state index is -0.229. The summed E-state index contributed by atoms with van der Waals surface area (Å²) in [6, 6.07) is 12.5. The summed E-state index contributed by atoms with van der Waals surface area (Å²) in [6.45, 7) is 2.22. The highest BCUT2D eigenvalue weighted by Crippen LogP contribution is 2.34. The average Bonchev–Trinajstić information content (AvgIpc) is 2.61. The van der Waals surface area contributed by atoms with E-state index in [0.717, 1.165) is 46.9 Å². The molecule has 1 heterocycles. The summed E-state index contributed by atoms with van der Waals surface area (Å²) >= 11 is 1.71. The fourth-order valence-corrected chi connectivity index (χ4v) is 4.98. The van der Waals surface area contributed by atoms with E-state index in [9.17, 15) is 9.18 Å². The topological polar surface area (TPSA) is 17.1 Å². The Morgan fingerprint density at radius 2 is 2.04 bits per heavy atom. The highest BCUT2D eigenvalue weighted by atomic mass is 32.1. The van der Waals surface area contributed by atoms with E-state index < -0.39 is 0 Å². The highest BCUT2D eigenvalue weighted by molar-refractivity contribution is 7.18. The number of halogens is 1. The minimum absolute atomic E-state index is 0.174. The van der Waals surface area contributed by atoms with E-state index in [1.165, 1.54) is 10.9 Å². The van der Waals surface area contributed by atoms with Gasteiger partial charge < -0.3 is 0 Å². The fourth-order valence-electron chi connectivity index (χ4n) is 3.62. The molecule has 0 N–H and O–H groups in total. The molecule has 4 rings (SSSR count). The Morgan fingerprint density at radius 1 is 1.21 bits per heavy atom. The number of hydrogen-bond acceptors (Lipinski definition) is 2. The first-order chi connectivity index (χ1) is 11.7. The van der Waals surface area contributed by atoms with E-state index in [-0.39, 0.29) is 11.2 Å². The van der Waals surface area contributed by atoms with Crippen LogP contribution in [0.4, 0.5) is 4.39 Å². The van der Waals surface area contributed by atoms with Gasteiger partial charge in [0.15, 0.2) is 5.43 Å². The third kappa shape index (κ3) is 2.57. The second-order valence-electron chi connectivity index (χ2n) is 6.54. The van der Waals surface area contributed by atoms with Gasteiger partial charge in [-0.1, -0.05) is 37.6 Å². The number of fused-ring (bicyclic) bond motifs is 2. The van der Waals surface area contributed by atoms with E-state index >= 15 is 0 Å². The van der Waals surface area contributed by atoms with Crippen LogP contribution in [0, 0.1) is 11.7 Å². The molecule has 0 bridgehead atoms. The van der Waals surface area contributed by atoms with Crippen LogP contribution in [0.1, 0.15) is 30.2 Å². The van der Waals surface area contributed by atoms with Crippen molar-refractivity contribution in [2.75, 3.05) is 0 Å². The molecule has 1 aliphatic carbocycles. The summed E-state index contributed by atoms with van der Waals surface area (Å²) < 4.78 is 15.0. The average molecular weight is 338 g/mol. The quantitative estimate of drug-likeness (QED) is 0.596. The SMILES string of the molecule is CCC1CCc2c(sc3cc(-c4ccccc4F)ccc3c2=O)C1. The molecule has 0 fully saturated rings. The van der Waals surface area contributed by atoms with Gasteiger partial charge in [0, 0.05) is 26.1 Å². The lowest BCUT2D eigenvalue weighted by molar-refractivity contribution is 0.448. The second kappa shape index (κ2) is 6.14. The van der Waals surface area contributed by atoms with Crippen molar-refractivity contribution in [3.8, 4) is 11.1 Å². The lowest BCUT2D eigenvalue weighted by Crippen LogP contribution is -2.20. The maximum atomic E-state index is 14.1. The molecule has 1 aliphatic rings. The van der Waals surface area contributed by atoms with Crippen molar-refractivity contribution < 1.29 is 4.39 Å². The van der Waals surface area contributed by atoms with Gasteiger partial charge in [0.05, 0.1) is 0 Å². The largest absolute Gasteiger partial charge is 0.289 e. The van der Waals surface area contributed by atoms with Crippen LogP contribution in [0.15, 0.2) is 47.3 Å². The third-order valence-corrected chi connectivity index (χ3v) is 6.33. The molecule has 0 radical (unpaired) electrons. The molecule has 0 saturated carbocycles. The Kier molecular flexibility index (Phi) is 3.97. The molecule has 0 spiro atoms. The van der Waals surface area contributed by atoms with Crippen molar-refractivity contribution in [3.63, 3.8) is 0 Å². The number of rotatable bonds is 2. The molecule has 1 aromatic heterocycles. The van der Waals surface area contributed by atoms with Gasteiger partial charge in [-0.3, -0.25) is 4.79 Å². The Labute approximate surface area is 144 Å². The maximum Gasteiger partial charge on any atom is 0.191 e. The first kappa shape index (κ1) is 15.5. The Balaban J connectivity index is 1.89. The van der Waals surface area contributed by atoms with Crippen LogP contribution in [0.3, 0.4) is 0 Å². The first-order valence-electron chi connectivity index (χ1n) is 8.51. The van der Waals surface area contributed by atoms with Crippen molar-refractivity contribution in [3.05, 3.63) is 68.9 Å². The Bertz CT molecular complexity index is 973. The Morgan fingerprint density at radius 3 is 2.83 bits per heavy atom. The zero-order valence-electron chi connectivity index (χ0n) is 13.6. The molecule has 122 valence electrons. The van der Waals surface area contributed by atoms with Crippen LogP contribution in [-0.2, 0) is 12.8 Å². The van der Waals surface area contributed by atoms with Gasteiger partial charge in [-0.2, -0.15) is 0 Å². The first-order valence-corrected chi connectivity index (χ1v) is 9.32. The fraction of sp³-hybridized carbons (Fsp3) is 0.286. The van der Waals surface area contributed by atoms with Gasteiger partial charge in [0.1, 0.15) is 5.82 Å². The van der Waals surface area contributed by atoms with Crippen molar-refractivity contribution >= 4 is 21.4 Å². The maximum absolute atomic E-state index is 14.1. The molecule has 3 aromatic rings. The van der Waals surface area contributed by atoms with Gasteiger partial charge >= 0.3 is 0 Å². The summed E-state index contributed by atoms with van der Waals surface area (Å²) in [4.78, 5) is 14.0. The van der Waals surface area contributed by atoms with Crippen molar-refractivity contribution in [2.45, 2.75) is 32.6 Å². The lowest BCUT2D eigenvalue weighted by atomic mass is 9.86. The summed E-state index contributed by atoms with van der Waals surface area (Å²) in [5, 5.41) is 0.772. The van der Waals surface area contributed by atoms with E-state index in [0.29, 0.717) is 11.5 Å². The smallest absolute Gasteiger partial charge is 0.191 e. The van der Waals surface area contributed by atoms with E-state index in [4.69, 9.17) is 0 Å². The van der Waals surface area contributed by atoms with E-state index in [2.05, 4.69) is 6.92 Å². The molecule has 0 amide bonds. The van der Waals surface area contributed by atoms with Crippen LogP contribution in [0.5, 0.6) is 0 Å². The minimum Gasteiger partial charge on any atom is -0.289 e. The summed E-state index contributed by atoms with van der Waals surface area (Å²) in [7, 11) is 0. The van der Waals surface area contributed by atoms with Crippen molar-refractivity contribution in [2.24, 2.45) is 5.92 Å².